The van der Waals surface area contributed by atoms with Gasteiger partial charge in [-0.05, 0) is 124 Å². The molecule has 0 saturated carbocycles. The van der Waals surface area contributed by atoms with Crippen molar-refractivity contribution >= 4 is 23.6 Å². The van der Waals surface area contributed by atoms with Crippen LogP contribution in [0, 0.1) is 47.6 Å². The fourth-order valence-corrected chi connectivity index (χ4v) is 16.2. The molecule has 0 nitrogen and oxygen atoms in total. The fraction of sp³-hybridized carbons (Fsp3) is 0.216. The average molecular weight is 846 g/mol. The van der Waals surface area contributed by atoms with Crippen molar-refractivity contribution in [2.45, 2.75) is 74.3 Å². The molecule has 1 aliphatic carbocycles. The van der Waals surface area contributed by atoms with Gasteiger partial charge in [0.05, 0.1) is 0 Å². The van der Waals surface area contributed by atoms with Gasteiger partial charge in [0.2, 0.25) is 0 Å². The van der Waals surface area contributed by atoms with Crippen LogP contribution < -0.4 is 52.8 Å². The largest absolute Gasteiger partial charge is 4.00 e. The van der Waals surface area contributed by atoms with Gasteiger partial charge in [-0.15, -0.1) is 6.92 Å². The SMILES string of the molecule is CC1=[C-]C(C)([Si](c2ccc(-c3ccccc3)c(C)c2C)(c2ccc(-c3ccccc3)c(C)c2C)c2ccc(-c3ccccc3)c(C)c2C)C(C)=C1C.[Cl-].[Cl-].[Cl-].[Ti+4]. The smallest absolute Gasteiger partial charge is 1.00 e. The maximum atomic E-state index is 4.25. The van der Waals surface area contributed by atoms with Crippen molar-refractivity contribution in [1.82, 2.24) is 0 Å². The predicted molar refractivity (Wildman–Crippen MR) is 228 cm³/mol. The van der Waals surface area contributed by atoms with Crippen molar-refractivity contribution in [2.24, 2.45) is 0 Å². The molecular weight excluding hydrogens is 795 g/mol. The predicted octanol–water partition coefficient (Wildman–Crippen LogP) is 2.88. The van der Waals surface area contributed by atoms with Gasteiger partial charge in [-0.2, -0.15) is 11.1 Å². The first kappa shape index (κ1) is 47.0. The van der Waals surface area contributed by atoms with E-state index in [-0.39, 0.29) is 64.0 Å². The molecule has 0 N–H and O–H groups in total. The second-order valence-electron chi connectivity index (χ2n) is 15.2. The molecule has 1 atom stereocenters. The van der Waals surface area contributed by atoms with Gasteiger partial charge in [0.25, 0.3) is 0 Å². The van der Waals surface area contributed by atoms with Crippen molar-refractivity contribution in [2.75, 3.05) is 0 Å². The van der Waals surface area contributed by atoms with E-state index < -0.39 is 8.07 Å². The van der Waals surface area contributed by atoms with E-state index >= 15 is 0 Å². The first-order valence-corrected chi connectivity index (χ1v) is 20.7. The van der Waals surface area contributed by atoms with Gasteiger partial charge in [-0.25, -0.2) is 5.57 Å². The molecule has 284 valence electrons. The topological polar surface area (TPSA) is 0 Å². The molecule has 0 radical (unpaired) electrons. The number of allylic oxidation sites excluding steroid dienone is 4. The Kier molecular flexibility index (Phi) is 15.5. The van der Waals surface area contributed by atoms with E-state index in [1.54, 1.807) is 0 Å². The van der Waals surface area contributed by atoms with E-state index in [1.165, 1.54) is 99.0 Å². The Hall–Kier alpha value is -3.40. The van der Waals surface area contributed by atoms with Crippen LogP contribution in [0.25, 0.3) is 33.4 Å². The molecule has 1 unspecified atom stereocenters. The summed E-state index contributed by atoms with van der Waals surface area (Å²) in [6, 6.07) is 47.5. The van der Waals surface area contributed by atoms with Crippen molar-refractivity contribution in [3.63, 3.8) is 0 Å². The van der Waals surface area contributed by atoms with Crippen molar-refractivity contribution < 1.29 is 58.9 Å². The summed E-state index contributed by atoms with van der Waals surface area (Å²) in [5.74, 6) is 0. The standard InChI is InChI=1S/C51H51Si.3ClH.Ti/c1-33-32-51(10,41(9)34(33)2)52(48-29-26-45(35(3)38(48)6)42-20-14-11-15-21-42,49-30-27-46(36(4)39(49)7)43-22-16-12-17-23-43)50-31-28-47(37(5)40(50)8)44-24-18-13-19-25-44;;;;/h11-31H,1-10H3;3*1H;/q-1;;;;+4/p-3. The van der Waals surface area contributed by atoms with Crippen LogP contribution in [0.5, 0.6) is 0 Å². The summed E-state index contributed by atoms with van der Waals surface area (Å²) in [6.07, 6.45) is 4.25. The molecule has 7 rings (SSSR count). The molecule has 0 amide bonds. The summed E-state index contributed by atoms with van der Waals surface area (Å²) in [5.41, 5.74) is 20.0. The zero-order chi connectivity index (χ0) is 36.9. The first-order valence-electron chi connectivity index (χ1n) is 18.7. The van der Waals surface area contributed by atoms with E-state index in [0.717, 1.165) is 0 Å². The molecule has 0 aromatic heterocycles. The summed E-state index contributed by atoms with van der Waals surface area (Å²) < 4.78 is 0. The molecule has 0 spiro atoms. The molecule has 1 aliphatic rings. The number of hydrogen-bond donors (Lipinski definition) is 0. The van der Waals surface area contributed by atoms with E-state index in [4.69, 9.17) is 0 Å². The molecular formula is C51H51Cl3SiTi. The van der Waals surface area contributed by atoms with Gasteiger partial charge in [-0.1, -0.05) is 153 Å². The molecule has 0 saturated heterocycles. The van der Waals surface area contributed by atoms with Crippen molar-refractivity contribution in [3.05, 3.63) is 184 Å². The quantitative estimate of drug-likeness (QED) is 0.132. The van der Waals surface area contributed by atoms with Gasteiger partial charge in [0, 0.05) is 0 Å². The Labute approximate surface area is 371 Å². The maximum Gasteiger partial charge on any atom is 4.00 e. The van der Waals surface area contributed by atoms with Crippen LogP contribution >= 0.6 is 0 Å². The molecule has 5 heteroatoms. The Morgan fingerprint density at radius 1 is 0.393 bits per heavy atom. The van der Waals surface area contributed by atoms with E-state index in [2.05, 4.69) is 203 Å². The number of halogens is 3. The minimum atomic E-state index is -3.05. The summed E-state index contributed by atoms with van der Waals surface area (Å²) in [4.78, 5) is 0. The average Bonchev–Trinajstić information content (AvgIpc) is 3.36. The maximum absolute atomic E-state index is 4.25. The van der Waals surface area contributed by atoms with Crippen LogP contribution in [-0.2, 0) is 21.7 Å². The summed E-state index contributed by atoms with van der Waals surface area (Å²) in [7, 11) is -3.05. The zero-order valence-electron chi connectivity index (χ0n) is 34.3. The van der Waals surface area contributed by atoms with E-state index in [0.29, 0.717) is 0 Å². The van der Waals surface area contributed by atoms with Gasteiger partial charge in [-0.3, -0.25) is 6.08 Å². The molecule has 56 heavy (non-hydrogen) atoms. The van der Waals surface area contributed by atoms with E-state index in [9.17, 15) is 0 Å². The number of hydrogen-bond acceptors (Lipinski definition) is 0. The van der Waals surface area contributed by atoms with Crippen LogP contribution in [0.4, 0.5) is 0 Å². The summed E-state index contributed by atoms with van der Waals surface area (Å²) in [6.45, 7) is 23.7. The molecule has 0 heterocycles. The van der Waals surface area contributed by atoms with Crippen LogP contribution in [0.3, 0.4) is 0 Å². The Morgan fingerprint density at radius 2 is 0.679 bits per heavy atom. The van der Waals surface area contributed by atoms with Gasteiger partial charge < -0.3 is 37.2 Å². The Morgan fingerprint density at radius 3 is 0.929 bits per heavy atom. The van der Waals surface area contributed by atoms with E-state index in [1.807, 2.05) is 0 Å². The third-order valence-electron chi connectivity index (χ3n) is 12.9. The number of benzene rings is 6. The van der Waals surface area contributed by atoms with Crippen LogP contribution in [-0.4, -0.2) is 8.07 Å². The second kappa shape index (κ2) is 18.5. The fourth-order valence-electron chi connectivity index (χ4n) is 9.31. The van der Waals surface area contributed by atoms with Gasteiger partial charge in [0.15, 0.2) is 0 Å². The molecule has 6 aromatic rings. The number of rotatable bonds is 7. The summed E-state index contributed by atoms with van der Waals surface area (Å²) in [5, 5.41) is 4.09. The summed E-state index contributed by atoms with van der Waals surface area (Å²) >= 11 is 0. The van der Waals surface area contributed by atoms with Gasteiger partial charge >= 0.3 is 21.7 Å². The third kappa shape index (κ3) is 7.41. The Bertz CT molecular complexity index is 2170. The molecule has 0 bridgehead atoms. The zero-order valence-corrected chi connectivity index (χ0v) is 39.1. The van der Waals surface area contributed by atoms with Crippen molar-refractivity contribution in [1.29, 1.82) is 0 Å². The molecule has 6 aromatic carbocycles. The normalized spacial score (nSPS) is 14.9. The van der Waals surface area contributed by atoms with Crippen molar-refractivity contribution in [3.8, 4) is 33.4 Å². The second-order valence-corrected chi connectivity index (χ2v) is 19.3. The van der Waals surface area contributed by atoms with Gasteiger partial charge in [0.1, 0.15) is 8.07 Å². The minimum absolute atomic E-state index is 0. The molecule has 0 fully saturated rings. The molecule has 0 aliphatic heterocycles. The third-order valence-corrected chi connectivity index (χ3v) is 18.9. The first-order chi connectivity index (χ1) is 24.9. The monoisotopic (exact) mass is 844 g/mol. The van der Waals surface area contributed by atoms with Crippen LogP contribution in [0.15, 0.2) is 144 Å². The minimum Gasteiger partial charge on any atom is -1.00 e. The van der Waals surface area contributed by atoms with Crippen LogP contribution in [0.1, 0.15) is 61.1 Å². The van der Waals surface area contributed by atoms with Crippen LogP contribution in [0.2, 0.25) is 5.04 Å². The Balaban J connectivity index is 0.00000210.